The molecule has 0 aliphatic heterocycles. The summed E-state index contributed by atoms with van der Waals surface area (Å²) in [6.45, 7) is 4.27. The van der Waals surface area contributed by atoms with E-state index < -0.39 is 11.7 Å². The fourth-order valence-electron chi connectivity index (χ4n) is 3.05. The summed E-state index contributed by atoms with van der Waals surface area (Å²) in [5.41, 5.74) is -0.0914. The van der Waals surface area contributed by atoms with Gasteiger partial charge in [0.05, 0.1) is 30.6 Å². The fraction of sp³-hybridized carbons (Fsp3) is 0.350. The zero-order valence-electron chi connectivity index (χ0n) is 17.7. The quantitative estimate of drug-likeness (QED) is 0.564. The van der Waals surface area contributed by atoms with Crippen molar-refractivity contribution in [2.45, 2.75) is 26.1 Å². The number of rotatable bonds is 8. The molecule has 1 N–H and O–H groups in total. The maximum Gasteiger partial charge on any atom is 0.419 e. The highest BCUT2D eigenvalue weighted by Gasteiger charge is 2.31. The molecule has 1 aromatic carbocycles. The van der Waals surface area contributed by atoms with Gasteiger partial charge in [-0.25, -0.2) is 9.97 Å². The SMILES string of the molecule is CCN(C(=O)c1ccc(OC)cc1-n1nccn1)C(C)CNc1ncc(C(F)(F)F)cn1. The molecule has 0 saturated heterocycles. The predicted molar refractivity (Wildman–Crippen MR) is 110 cm³/mol. The van der Waals surface area contributed by atoms with Crippen LogP contribution in [-0.4, -0.2) is 62.0 Å². The predicted octanol–water partition coefficient (Wildman–Crippen LogP) is 3.05. The van der Waals surface area contributed by atoms with Crippen molar-refractivity contribution in [1.82, 2.24) is 29.9 Å². The molecule has 0 saturated carbocycles. The van der Waals surface area contributed by atoms with Crippen molar-refractivity contribution in [2.24, 2.45) is 0 Å². The minimum atomic E-state index is -4.50. The molecule has 1 amide bonds. The van der Waals surface area contributed by atoms with Crippen molar-refractivity contribution in [3.8, 4) is 11.4 Å². The highest BCUT2D eigenvalue weighted by atomic mass is 19.4. The Hall–Kier alpha value is -3.70. The van der Waals surface area contributed by atoms with E-state index in [0.717, 1.165) is 0 Å². The molecule has 2 aromatic heterocycles. The number of methoxy groups -OCH3 is 1. The monoisotopic (exact) mass is 449 g/mol. The van der Waals surface area contributed by atoms with Gasteiger partial charge in [-0.2, -0.15) is 28.2 Å². The molecule has 170 valence electrons. The van der Waals surface area contributed by atoms with Gasteiger partial charge in [-0.05, 0) is 26.0 Å². The standard InChI is InChI=1S/C20H22F3N7O2/c1-4-29(13(2)10-24-19-25-11-14(12-26-19)20(21,22)23)18(31)16-6-5-15(32-3)9-17(16)30-27-7-8-28-30/h5-9,11-13H,4,10H2,1-3H3,(H,24,25,26). The Morgan fingerprint density at radius 2 is 1.88 bits per heavy atom. The summed E-state index contributed by atoms with van der Waals surface area (Å²) in [6, 6.07) is 4.66. The second-order valence-corrected chi connectivity index (χ2v) is 6.82. The summed E-state index contributed by atoms with van der Waals surface area (Å²) in [5, 5.41) is 11.1. The van der Waals surface area contributed by atoms with Crippen LogP contribution in [0.2, 0.25) is 0 Å². The van der Waals surface area contributed by atoms with Crippen LogP contribution < -0.4 is 10.1 Å². The van der Waals surface area contributed by atoms with Gasteiger partial charge >= 0.3 is 6.18 Å². The molecule has 0 fully saturated rings. The largest absolute Gasteiger partial charge is 0.497 e. The third-order valence-corrected chi connectivity index (χ3v) is 4.74. The lowest BCUT2D eigenvalue weighted by Gasteiger charge is -2.29. The Kier molecular flexibility index (Phi) is 6.91. The molecule has 2 heterocycles. The van der Waals surface area contributed by atoms with Crippen molar-refractivity contribution < 1.29 is 22.7 Å². The average molecular weight is 449 g/mol. The molecule has 1 atom stereocenters. The zero-order chi connectivity index (χ0) is 23.3. The third kappa shape index (κ3) is 5.13. The van der Waals surface area contributed by atoms with Crippen molar-refractivity contribution in [3.05, 3.63) is 54.1 Å². The van der Waals surface area contributed by atoms with Crippen LogP contribution in [0.4, 0.5) is 19.1 Å². The van der Waals surface area contributed by atoms with E-state index in [1.54, 1.807) is 23.1 Å². The van der Waals surface area contributed by atoms with Crippen LogP contribution in [0, 0.1) is 0 Å². The molecular formula is C20H22F3N7O2. The minimum absolute atomic E-state index is 0.0410. The first-order valence-electron chi connectivity index (χ1n) is 9.73. The van der Waals surface area contributed by atoms with Gasteiger partial charge in [0.2, 0.25) is 5.95 Å². The van der Waals surface area contributed by atoms with Crippen LogP contribution in [0.1, 0.15) is 29.8 Å². The number of benzene rings is 1. The Labute approximate surface area is 182 Å². The second kappa shape index (κ2) is 9.62. The molecule has 0 aliphatic rings. The van der Waals surface area contributed by atoms with Crippen molar-refractivity contribution in [1.29, 1.82) is 0 Å². The number of hydrogen-bond acceptors (Lipinski definition) is 7. The summed E-state index contributed by atoms with van der Waals surface area (Å²) >= 11 is 0. The van der Waals surface area contributed by atoms with Crippen molar-refractivity contribution in [2.75, 3.05) is 25.5 Å². The number of ether oxygens (including phenoxy) is 1. The number of amides is 1. The van der Waals surface area contributed by atoms with E-state index in [0.29, 0.717) is 35.9 Å². The summed E-state index contributed by atoms with van der Waals surface area (Å²) in [4.78, 5) is 23.7. The second-order valence-electron chi connectivity index (χ2n) is 6.82. The summed E-state index contributed by atoms with van der Waals surface area (Å²) < 4.78 is 43.2. The van der Waals surface area contributed by atoms with Gasteiger partial charge in [-0.15, -0.1) is 0 Å². The number of halogens is 3. The smallest absolute Gasteiger partial charge is 0.419 e. The van der Waals surface area contributed by atoms with E-state index >= 15 is 0 Å². The number of carbonyl (C=O) groups excluding carboxylic acids is 1. The number of aromatic nitrogens is 5. The van der Waals surface area contributed by atoms with Gasteiger partial charge in [-0.1, -0.05) is 0 Å². The van der Waals surface area contributed by atoms with E-state index in [9.17, 15) is 18.0 Å². The highest BCUT2D eigenvalue weighted by molar-refractivity contribution is 5.98. The van der Waals surface area contributed by atoms with Gasteiger partial charge in [0.25, 0.3) is 5.91 Å². The lowest BCUT2D eigenvalue weighted by Crippen LogP contribution is -2.42. The third-order valence-electron chi connectivity index (χ3n) is 4.74. The topological polar surface area (TPSA) is 98.1 Å². The molecule has 0 spiro atoms. The van der Waals surface area contributed by atoms with Crippen LogP contribution >= 0.6 is 0 Å². The molecule has 32 heavy (non-hydrogen) atoms. The zero-order valence-corrected chi connectivity index (χ0v) is 17.7. The van der Waals surface area contributed by atoms with Gasteiger partial charge in [0, 0.05) is 37.6 Å². The van der Waals surface area contributed by atoms with Gasteiger partial charge < -0.3 is 15.0 Å². The molecule has 0 radical (unpaired) electrons. The molecular weight excluding hydrogens is 427 g/mol. The highest BCUT2D eigenvalue weighted by Crippen LogP contribution is 2.28. The molecule has 12 heteroatoms. The summed E-state index contributed by atoms with van der Waals surface area (Å²) in [7, 11) is 1.52. The number of hydrogen-bond donors (Lipinski definition) is 1. The molecule has 0 aliphatic carbocycles. The molecule has 9 nitrogen and oxygen atoms in total. The van der Waals surface area contributed by atoms with E-state index in [2.05, 4.69) is 25.5 Å². The van der Waals surface area contributed by atoms with Crippen LogP contribution in [0.3, 0.4) is 0 Å². The lowest BCUT2D eigenvalue weighted by atomic mass is 10.1. The number of carbonyl (C=O) groups is 1. The van der Waals surface area contributed by atoms with E-state index in [-0.39, 0.29) is 24.4 Å². The van der Waals surface area contributed by atoms with Crippen molar-refractivity contribution in [3.63, 3.8) is 0 Å². The normalized spacial score (nSPS) is 12.3. The first-order chi connectivity index (χ1) is 15.2. The molecule has 3 aromatic rings. The lowest BCUT2D eigenvalue weighted by molar-refractivity contribution is -0.138. The molecule has 1 unspecified atom stereocenters. The summed E-state index contributed by atoms with van der Waals surface area (Å²) in [6.07, 6.45) is -0.0759. The van der Waals surface area contributed by atoms with Crippen LogP contribution in [0.15, 0.2) is 43.0 Å². The van der Waals surface area contributed by atoms with Crippen LogP contribution in [0.5, 0.6) is 5.75 Å². The Bertz CT molecular complexity index is 1040. The number of anilines is 1. The van der Waals surface area contributed by atoms with Crippen molar-refractivity contribution >= 4 is 11.9 Å². The van der Waals surface area contributed by atoms with Gasteiger partial charge in [0.1, 0.15) is 11.4 Å². The molecule has 3 rings (SSSR count). The van der Waals surface area contributed by atoms with E-state index in [1.165, 1.54) is 24.3 Å². The maximum absolute atomic E-state index is 13.3. The first kappa shape index (κ1) is 23.0. The maximum atomic E-state index is 13.3. The number of nitrogens with one attached hydrogen (secondary N) is 1. The number of nitrogens with zero attached hydrogens (tertiary/aromatic N) is 6. The van der Waals surface area contributed by atoms with Gasteiger partial charge in [0.15, 0.2) is 0 Å². The Morgan fingerprint density at radius 3 is 2.44 bits per heavy atom. The van der Waals surface area contributed by atoms with E-state index in [4.69, 9.17) is 4.74 Å². The average Bonchev–Trinajstić information content (AvgIpc) is 3.32. The Balaban J connectivity index is 1.76. The molecule has 0 bridgehead atoms. The first-order valence-corrected chi connectivity index (χ1v) is 9.73. The Morgan fingerprint density at radius 1 is 1.22 bits per heavy atom. The van der Waals surface area contributed by atoms with Crippen LogP contribution in [0.25, 0.3) is 5.69 Å². The number of alkyl halides is 3. The van der Waals surface area contributed by atoms with Crippen LogP contribution in [-0.2, 0) is 6.18 Å². The fourth-order valence-corrected chi connectivity index (χ4v) is 3.05. The summed E-state index contributed by atoms with van der Waals surface area (Å²) in [5.74, 6) is 0.329. The van der Waals surface area contributed by atoms with E-state index in [1.807, 2.05) is 13.8 Å². The minimum Gasteiger partial charge on any atom is -0.497 e. The van der Waals surface area contributed by atoms with Gasteiger partial charge in [-0.3, -0.25) is 4.79 Å². The number of likely N-dealkylation sites (N-methyl/N-ethyl adjacent to an activating group) is 1.